The third-order valence-corrected chi connectivity index (χ3v) is 19.1. The average molecular weight is 835 g/mol. The number of hydrogen-bond acceptors (Lipinski definition) is 8. The van der Waals surface area contributed by atoms with E-state index in [1.165, 1.54) is 17.6 Å². The minimum atomic E-state index is -0.782. The fraction of sp³-hybridized carbons (Fsp3) is 0.698. The number of aliphatic hydroxyl groups is 2. The number of nitrogen functional groups attached to an aromatic ring is 1. The molecule has 1 aliphatic heterocycles. The number of phenols is 1. The summed E-state index contributed by atoms with van der Waals surface area (Å²) in [6, 6.07) is 13.9. The number of fused-ring (bicyclic) bond motifs is 5. The molecule has 7 aliphatic rings. The van der Waals surface area contributed by atoms with Crippen LogP contribution in [-0.4, -0.2) is 57.8 Å². The van der Waals surface area contributed by atoms with Crippen LogP contribution in [0.4, 0.5) is 5.69 Å². The van der Waals surface area contributed by atoms with Crippen LogP contribution in [-0.2, 0) is 20.9 Å². The zero-order chi connectivity index (χ0) is 43.4. The molecule has 0 radical (unpaired) electrons. The number of epoxide rings is 1. The zero-order valence-corrected chi connectivity index (χ0v) is 38.1. The molecule has 8 nitrogen and oxygen atoms in total. The molecule has 0 unspecified atom stereocenters. The van der Waals surface area contributed by atoms with Crippen molar-refractivity contribution >= 4 is 17.3 Å². The summed E-state index contributed by atoms with van der Waals surface area (Å²) in [6.07, 6.45) is 11.2. The van der Waals surface area contributed by atoms with E-state index in [1.54, 1.807) is 12.1 Å². The molecule has 332 valence electrons. The largest absolute Gasteiger partial charge is 0.508 e. The van der Waals surface area contributed by atoms with Crippen molar-refractivity contribution in [3.05, 3.63) is 70.3 Å². The summed E-state index contributed by atoms with van der Waals surface area (Å²) in [7, 11) is 1.88. The van der Waals surface area contributed by atoms with Gasteiger partial charge in [0.2, 0.25) is 0 Å². The molecule has 6 aliphatic carbocycles. The number of aromatic hydroxyl groups is 1. The number of rotatable bonds is 10. The number of Topliss-reactive ketones (excluding diaryl/α,β-unsaturated/α-hetero) is 2. The van der Waals surface area contributed by atoms with Gasteiger partial charge in [0, 0.05) is 41.3 Å². The second kappa shape index (κ2) is 15.3. The number of allylic oxidation sites excluding steroid dienone is 2. The van der Waals surface area contributed by atoms with Gasteiger partial charge in [0.25, 0.3) is 0 Å². The van der Waals surface area contributed by atoms with E-state index in [1.807, 2.05) is 33.0 Å². The van der Waals surface area contributed by atoms with Gasteiger partial charge in [-0.05, 0) is 159 Å². The first-order chi connectivity index (χ1) is 28.9. The number of benzene rings is 2. The minimum absolute atomic E-state index is 0.0217. The number of anilines is 1. The van der Waals surface area contributed by atoms with Crippen LogP contribution in [0.15, 0.2) is 53.6 Å². The van der Waals surface area contributed by atoms with Crippen molar-refractivity contribution in [3.63, 3.8) is 0 Å². The van der Waals surface area contributed by atoms with Crippen LogP contribution in [0.1, 0.15) is 160 Å². The molecule has 0 aromatic heterocycles. The summed E-state index contributed by atoms with van der Waals surface area (Å²) in [6.45, 7) is 13.9. The maximum Gasteiger partial charge on any atom is 0.160 e. The Morgan fingerprint density at radius 3 is 2.38 bits per heavy atom. The van der Waals surface area contributed by atoms with Gasteiger partial charge in [-0.2, -0.15) is 0 Å². The van der Waals surface area contributed by atoms with Crippen LogP contribution in [0.2, 0.25) is 0 Å². The van der Waals surface area contributed by atoms with Gasteiger partial charge in [-0.15, -0.1) is 0 Å². The lowest BCUT2D eigenvalue weighted by molar-refractivity contribution is -0.219. The van der Waals surface area contributed by atoms with Crippen LogP contribution >= 0.6 is 0 Å². The first-order valence-corrected chi connectivity index (χ1v) is 24.0. The van der Waals surface area contributed by atoms with Crippen molar-refractivity contribution in [1.82, 2.24) is 5.32 Å². The first kappa shape index (κ1) is 43.2. The molecular formula is C53H74N2O6. The maximum absolute atomic E-state index is 15.0. The van der Waals surface area contributed by atoms with E-state index in [0.717, 1.165) is 80.2 Å². The van der Waals surface area contributed by atoms with Crippen LogP contribution in [0.5, 0.6) is 5.75 Å². The molecule has 6 fully saturated rings. The Bertz CT molecular complexity index is 2090. The first-order valence-electron chi connectivity index (χ1n) is 24.0. The summed E-state index contributed by atoms with van der Waals surface area (Å²) in [5.74, 6) is 1.08. The predicted octanol–water partition coefficient (Wildman–Crippen LogP) is 9.54. The van der Waals surface area contributed by atoms with Crippen molar-refractivity contribution in [2.75, 3.05) is 12.8 Å². The van der Waals surface area contributed by atoms with Gasteiger partial charge in [-0.1, -0.05) is 84.1 Å². The highest BCUT2D eigenvalue weighted by Gasteiger charge is 2.71. The molecule has 8 heteroatoms. The Balaban J connectivity index is 1.04. The van der Waals surface area contributed by atoms with Crippen LogP contribution in [0, 0.1) is 51.2 Å². The summed E-state index contributed by atoms with van der Waals surface area (Å²) < 4.78 is 6.64. The third kappa shape index (κ3) is 6.72. The Labute approximate surface area is 364 Å². The lowest BCUT2D eigenvalue weighted by Gasteiger charge is -2.69. The second-order valence-corrected chi connectivity index (χ2v) is 22.7. The molecule has 1 heterocycles. The zero-order valence-electron chi connectivity index (χ0n) is 38.1. The Kier molecular flexibility index (Phi) is 10.8. The molecule has 13 atom stereocenters. The molecule has 61 heavy (non-hydrogen) atoms. The van der Waals surface area contributed by atoms with Gasteiger partial charge in [-0.25, -0.2) is 0 Å². The number of nitrogens with one attached hydrogen (secondary N) is 1. The topological polar surface area (TPSA) is 145 Å². The lowest BCUT2D eigenvalue weighted by Crippen LogP contribution is -2.67. The number of phenolic OH excluding ortho intramolecular Hbond substituents is 1. The number of ketones is 2. The summed E-state index contributed by atoms with van der Waals surface area (Å²) >= 11 is 0. The van der Waals surface area contributed by atoms with E-state index in [4.69, 9.17) is 10.5 Å². The molecule has 0 amide bonds. The second-order valence-electron chi connectivity index (χ2n) is 22.7. The number of ether oxygens (including phenoxy) is 1. The Morgan fingerprint density at radius 2 is 1.66 bits per heavy atom. The monoisotopic (exact) mass is 835 g/mol. The number of aliphatic hydroxyl groups excluding tert-OH is 2. The van der Waals surface area contributed by atoms with Gasteiger partial charge in [-0.3, -0.25) is 9.59 Å². The van der Waals surface area contributed by atoms with E-state index in [0.29, 0.717) is 50.0 Å². The van der Waals surface area contributed by atoms with Gasteiger partial charge >= 0.3 is 0 Å². The van der Waals surface area contributed by atoms with Crippen LogP contribution in [0.3, 0.4) is 0 Å². The SMILES string of the molecule is CNCc1cc(O)cc([C@@H]2C[C@@]3(C)[C@H]4CCC5=C([C@@H](C[C@@H](O)[C@H]6O[C@]6(C)[C@@H]6CCC[C@H]6c6cccc(N)c6)C6CCCCC6)C(=O)C[C@]5(C)[C@@]4(C)C[C@H](O)[C@H]3C(C)(C)C2=O)c1. The van der Waals surface area contributed by atoms with Crippen molar-refractivity contribution in [2.24, 2.45) is 51.2 Å². The summed E-state index contributed by atoms with van der Waals surface area (Å²) in [4.78, 5) is 29.6. The molecule has 2 aromatic rings. The van der Waals surface area contributed by atoms with Crippen LogP contribution < -0.4 is 11.1 Å². The van der Waals surface area contributed by atoms with Gasteiger partial charge < -0.3 is 31.1 Å². The molecule has 5 saturated carbocycles. The summed E-state index contributed by atoms with van der Waals surface area (Å²) in [5.41, 5.74) is 9.96. The summed E-state index contributed by atoms with van der Waals surface area (Å²) in [5, 5.41) is 38.9. The smallest absolute Gasteiger partial charge is 0.160 e. The quantitative estimate of drug-likeness (QED) is 0.118. The van der Waals surface area contributed by atoms with Crippen molar-refractivity contribution < 1.29 is 29.6 Å². The van der Waals surface area contributed by atoms with Crippen molar-refractivity contribution in [1.29, 1.82) is 0 Å². The highest BCUT2D eigenvalue weighted by Crippen LogP contribution is 2.75. The third-order valence-electron chi connectivity index (χ3n) is 19.1. The molecule has 0 bridgehead atoms. The van der Waals surface area contributed by atoms with Crippen LogP contribution in [0.25, 0.3) is 0 Å². The van der Waals surface area contributed by atoms with Crippen molar-refractivity contribution in [3.8, 4) is 5.75 Å². The average Bonchev–Trinajstić information content (AvgIpc) is 3.51. The number of carbonyl (C=O) groups excluding carboxylic acids is 2. The normalized spacial score (nSPS) is 40.6. The van der Waals surface area contributed by atoms with E-state index < -0.39 is 34.6 Å². The standard InChI is InChI=1S/C53H74N2O6/c1-49(2)46-43(59)28-52(5)44(50(46,3)26-38(47(49)60)33-21-30(29-55-7)22-35(56)24-33)20-19-40-45(42(58)27-51(40,52)4)37(31-13-9-8-10-14-31)25-41(57)48-53(6,61-48)39-18-12-17-36(39)32-15-11-16-34(54)23-32/h11,15-16,21-24,31,36-39,41,43-44,46,48,55-57,59H,8-10,12-14,17-20,25-29,54H2,1-7H3/t36-,37-,38-,39+,41+,43-,44+,46-,48+,50-,51-,52-,53+/m0/s1. The molecule has 9 rings (SSSR count). The van der Waals surface area contributed by atoms with E-state index >= 15 is 4.79 Å². The Morgan fingerprint density at radius 1 is 0.902 bits per heavy atom. The van der Waals surface area contributed by atoms with E-state index in [9.17, 15) is 20.1 Å². The lowest BCUT2D eigenvalue weighted by atomic mass is 9.35. The fourth-order valence-electron chi connectivity index (χ4n) is 16.5. The number of nitrogens with two attached hydrogens (primary N) is 1. The molecule has 6 N–H and O–H groups in total. The van der Waals surface area contributed by atoms with Gasteiger partial charge in [0.1, 0.15) is 17.6 Å². The highest BCUT2D eigenvalue weighted by molar-refractivity contribution is 6.01. The predicted molar refractivity (Wildman–Crippen MR) is 240 cm³/mol. The van der Waals surface area contributed by atoms with E-state index in [2.05, 4.69) is 51.2 Å². The van der Waals surface area contributed by atoms with Gasteiger partial charge in [0.15, 0.2) is 5.78 Å². The highest BCUT2D eigenvalue weighted by atomic mass is 16.6. The van der Waals surface area contributed by atoms with Gasteiger partial charge in [0.05, 0.1) is 17.8 Å². The molecular weight excluding hydrogens is 761 g/mol. The van der Waals surface area contributed by atoms with E-state index in [-0.39, 0.29) is 52.0 Å². The Hall–Kier alpha value is -3.04. The maximum atomic E-state index is 15.0. The molecule has 0 spiro atoms. The van der Waals surface area contributed by atoms with Crippen molar-refractivity contribution in [2.45, 2.75) is 174 Å². The molecule has 2 aromatic carbocycles. The number of hydrogen-bond donors (Lipinski definition) is 5. The minimum Gasteiger partial charge on any atom is -0.508 e. The fourth-order valence-corrected chi connectivity index (χ4v) is 16.5. The molecule has 1 saturated heterocycles. The number of carbonyl (C=O) groups is 2.